The SMILES string of the molecule is C1[I-]C2CC1C2. The molecule has 0 aromatic rings. The van der Waals surface area contributed by atoms with Crippen LogP contribution in [0, 0.1) is 5.92 Å². The first-order valence-electron chi connectivity index (χ1n) is 2.53. The van der Waals surface area contributed by atoms with Crippen molar-refractivity contribution in [3.05, 3.63) is 0 Å². The first-order valence-corrected chi connectivity index (χ1v) is 5.30. The van der Waals surface area contributed by atoms with Gasteiger partial charge in [-0.25, -0.2) is 0 Å². The van der Waals surface area contributed by atoms with E-state index in [4.69, 9.17) is 0 Å². The van der Waals surface area contributed by atoms with Gasteiger partial charge in [0.25, 0.3) is 0 Å². The van der Waals surface area contributed by atoms with Crippen LogP contribution in [-0.4, -0.2) is 8.35 Å². The predicted molar refractivity (Wildman–Crippen MR) is 21.4 cm³/mol. The summed E-state index contributed by atoms with van der Waals surface area (Å²) in [5.41, 5.74) is 0. The third-order valence-electron chi connectivity index (χ3n) is 1.70. The molecule has 0 aromatic heterocycles. The molecule has 2 bridgehead atoms. The molecule has 0 radical (unpaired) electrons. The molecule has 0 unspecified atom stereocenters. The van der Waals surface area contributed by atoms with Gasteiger partial charge in [-0.1, -0.05) is 0 Å². The van der Waals surface area contributed by atoms with Crippen molar-refractivity contribution >= 4 is 0 Å². The van der Waals surface area contributed by atoms with Crippen molar-refractivity contribution < 1.29 is 21.2 Å². The second-order valence-corrected chi connectivity index (χ2v) is 5.77. The van der Waals surface area contributed by atoms with Crippen LogP contribution >= 0.6 is 0 Å². The molecule has 3 aliphatic rings. The summed E-state index contributed by atoms with van der Waals surface area (Å²) in [5, 5.41) is 0. The van der Waals surface area contributed by atoms with Crippen molar-refractivity contribution in [3.8, 4) is 0 Å². The van der Waals surface area contributed by atoms with E-state index in [1.807, 2.05) is 0 Å². The first kappa shape index (κ1) is 3.70. The Labute approximate surface area is 48.6 Å². The molecule has 36 valence electrons. The van der Waals surface area contributed by atoms with Crippen LogP contribution in [0.5, 0.6) is 0 Å². The molecular weight excluding hydrogens is 187 g/mol. The molecule has 0 nitrogen and oxygen atoms in total. The van der Waals surface area contributed by atoms with Crippen LogP contribution in [0.4, 0.5) is 0 Å². The van der Waals surface area contributed by atoms with Gasteiger partial charge in [-0.05, 0) is 0 Å². The monoisotopic (exact) mass is 195 g/mol. The normalized spacial score (nSPS) is 53.3. The quantitative estimate of drug-likeness (QED) is 0.306. The molecule has 3 fully saturated rings. The van der Waals surface area contributed by atoms with Gasteiger partial charge in [0, 0.05) is 0 Å². The summed E-state index contributed by atoms with van der Waals surface area (Å²) in [7, 11) is 0. The third-order valence-corrected chi connectivity index (χ3v) is 5.72. The van der Waals surface area contributed by atoms with Crippen LogP contribution in [0.15, 0.2) is 0 Å². The Kier molecular flexibility index (Phi) is 0.686. The van der Waals surface area contributed by atoms with Crippen LogP contribution in [0.2, 0.25) is 0 Å². The molecule has 2 heterocycles. The number of halogens is 1. The van der Waals surface area contributed by atoms with Gasteiger partial charge in [0.1, 0.15) is 0 Å². The minimum atomic E-state index is 0.754. The second-order valence-electron chi connectivity index (χ2n) is 2.24. The van der Waals surface area contributed by atoms with E-state index in [1.54, 1.807) is 17.3 Å². The summed E-state index contributed by atoms with van der Waals surface area (Å²) >= 11 is 0.754. The summed E-state index contributed by atoms with van der Waals surface area (Å²) in [6.45, 7) is 0. The maximum absolute atomic E-state index is 1.67. The van der Waals surface area contributed by atoms with Gasteiger partial charge in [0.15, 0.2) is 0 Å². The van der Waals surface area contributed by atoms with Gasteiger partial charge in [0.2, 0.25) is 0 Å². The van der Waals surface area contributed by atoms with E-state index in [0.717, 1.165) is 21.2 Å². The zero-order chi connectivity index (χ0) is 3.98. The van der Waals surface area contributed by atoms with E-state index < -0.39 is 0 Å². The van der Waals surface area contributed by atoms with E-state index in [9.17, 15) is 0 Å². The van der Waals surface area contributed by atoms with E-state index >= 15 is 0 Å². The number of hydrogen-bond acceptors (Lipinski definition) is 0. The van der Waals surface area contributed by atoms with Crippen LogP contribution in [0.1, 0.15) is 12.8 Å². The fraction of sp³-hybridized carbons (Fsp3) is 1.00. The van der Waals surface area contributed by atoms with Gasteiger partial charge >= 0.3 is 48.3 Å². The summed E-state index contributed by atoms with van der Waals surface area (Å²) in [5.74, 6) is 1.24. The topological polar surface area (TPSA) is 0 Å². The van der Waals surface area contributed by atoms with Crippen molar-refractivity contribution in [3.63, 3.8) is 0 Å². The average molecular weight is 195 g/mol. The Morgan fingerprint density at radius 1 is 1.33 bits per heavy atom. The summed E-state index contributed by atoms with van der Waals surface area (Å²) < 4.78 is 2.97. The molecule has 0 atom stereocenters. The number of rotatable bonds is 0. The van der Waals surface area contributed by atoms with E-state index in [1.165, 1.54) is 9.84 Å². The van der Waals surface area contributed by atoms with E-state index in [-0.39, 0.29) is 0 Å². The average Bonchev–Trinajstić information content (AvgIpc) is 1.72. The van der Waals surface area contributed by atoms with Crippen molar-refractivity contribution in [1.82, 2.24) is 0 Å². The summed E-state index contributed by atoms with van der Waals surface area (Å²) in [4.78, 5) is 0. The molecule has 3 rings (SSSR count). The zero-order valence-electron chi connectivity index (χ0n) is 3.65. The Bertz CT molecular complexity index is 50.8. The number of hydrogen-bond donors (Lipinski definition) is 0. The first-order chi connectivity index (χ1) is 2.95. The van der Waals surface area contributed by atoms with Crippen molar-refractivity contribution in [2.45, 2.75) is 16.8 Å². The molecule has 0 amide bonds. The Morgan fingerprint density at radius 2 is 2.17 bits per heavy atom. The van der Waals surface area contributed by atoms with Gasteiger partial charge in [-0.2, -0.15) is 0 Å². The molecule has 1 saturated carbocycles. The van der Waals surface area contributed by atoms with Crippen LogP contribution in [0.25, 0.3) is 0 Å². The van der Waals surface area contributed by atoms with E-state index in [0.29, 0.717) is 0 Å². The third kappa shape index (κ3) is 0.349. The molecule has 0 N–H and O–H groups in total. The second kappa shape index (κ2) is 1.11. The fourth-order valence-corrected chi connectivity index (χ4v) is 5.47. The fourth-order valence-electron chi connectivity index (χ4n) is 1.16. The molecular formula is C5H8I-. The van der Waals surface area contributed by atoms with Crippen molar-refractivity contribution in [2.75, 3.05) is 4.43 Å². The molecule has 0 aromatic carbocycles. The zero-order valence-corrected chi connectivity index (χ0v) is 5.81. The molecule has 2 aliphatic heterocycles. The number of alkyl halides is 2. The number of fused-ring (bicyclic) bond motifs is 1. The van der Waals surface area contributed by atoms with Crippen molar-refractivity contribution in [2.24, 2.45) is 5.92 Å². The van der Waals surface area contributed by atoms with Gasteiger partial charge in [-0.15, -0.1) is 0 Å². The molecule has 1 heteroatoms. The molecule has 1 aliphatic carbocycles. The Morgan fingerprint density at radius 3 is 2.33 bits per heavy atom. The van der Waals surface area contributed by atoms with Crippen molar-refractivity contribution in [1.29, 1.82) is 0 Å². The Balaban J connectivity index is 2.16. The molecule has 0 spiro atoms. The van der Waals surface area contributed by atoms with Gasteiger partial charge < -0.3 is 0 Å². The van der Waals surface area contributed by atoms with Gasteiger partial charge in [0.05, 0.1) is 0 Å². The van der Waals surface area contributed by atoms with Crippen LogP contribution in [0.3, 0.4) is 0 Å². The van der Waals surface area contributed by atoms with E-state index in [2.05, 4.69) is 0 Å². The predicted octanol–water partition coefficient (Wildman–Crippen LogP) is -2.13. The van der Waals surface area contributed by atoms with Crippen LogP contribution in [-0.2, 0) is 0 Å². The minimum absolute atomic E-state index is 0.754. The molecule has 6 heavy (non-hydrogen) atoms. The summed E-state index contributed by atoms with van der Waals surface area (Å²) in [6, 6.07) is 0. The molecule has 2 saturated heterocycles. The van der Waals surface area contributed by atoms with Gasteiger partial charge in [-0.3, -0.25) is 0 Å². The standard InChI is InChI=1S/C5H8I/c1-4-2-5(1)6-3-4/h4-5H,1-3H2/q-1. The maximum atomic E-state index is 1.67. The summed E-state index contributed by atoms with van der Waals surface area (Å²) in [6.07, 6.45) is 3.26. The van der Waals surface area contributed by atoms with Crippen LogP contribution < -0.4 is 21.2 Å². The Hall–Kier alpha value is 0.730.